The largest absolute Gasteiger partial charge is 0.481 e. The van der Waals surface area contributed by atoms with Crippen molar-refractivity contribution in [2.45, 2.75) is 51.1 Å². The molecule has 110 valence electrons. The summed E-state index contributed by atoms with van der Waals surface area (Å²) in [5.41, 5.74) is -0.187. The average Bonchev–Trinajstić information content (AvgIpc) is 2.41. The summed E-state index contributed by atoms with van der Waals surface area (Å²) in [6, 6.07) is 4.95. The Labute approximate surface area is 116 Å². The standard InChI is InChI=1S/C15H18F2O3/c1-10-6-5-7-11(12(10)20-14(16)17)15(13(18)19)8-3-2-4-9-15/h5-7,14H,2-4,8-9H2,1H3,(H,18,19). The van der Waals surface area contributed by atoms with E-state index in [-0.39, 0.29) is 5.75 Å². The molecule has 0 amide bonds. The highest BCUT2D eigenvalue weighted by Crippen LogP contribution is 2.44. The van der Waals surface area contributed by atoms with E-state index in [1.807, 2.05) is 0 Å². The Bertz CT molecular complexity index is 494. The molecular formula is C15H18F2O3. The molecule has 0 saturated heterocycles. The Balaban J connectivity index is 2.53. The van der Waals surface area contributed by atoms with Gasteiger partial charge in [-0.15, -0.1) is 0 Å². The third-order valence-corrected chi connectivity index (χ3v) is 4.05. The maximum Gasteiger partial charge on any atom is 0.387 e. The quantitative estimate of drug-likeness (QED) is 0.912. The summed E-state index contributed by atoms with van der Waals surface area (Å²) >= 11 is 0. The van der Waals surface area contributed by atoms with Gasteiger partial charge in [0.2, 0.25) is 0 Å². The van der Waals surface area contributed by atoms with Gasteiger partial charge in [-0.3, -0.25) is 4.79 Å². The highest BCUT2D eigenvalue weighted by Gasteiger charge is 2.43. The molecule has 0 spiro atoms. The van der Waals surface area contributed by atoms with E-state index in [1.165, 1.54) is 0 Å². The second kappa shape index (κ2) is 5.77. The molecule has 1 aliphatic carbocycles. The summed E-state index contributed by atoms with van der Waals surface area (Å²) in [7, 11) is 0. The Kier molecular flexibility index (Phi) is 4.26. The molecule has 1 N–H and O–H groups in total. The summed E-state index contributed by atoms with van der Waals surface area (Å²) in [6.07, 6.45) is 3.48. The summed E-state index contributed by atoms with van der Waals surface area (Å²) in [5, 5.41) is 9.65. The van der Waals surface area contributed by atoms with Gasteiger partial charge in [0, 0.05) is 5.56 Å². The number of benzene rings is 1. The highest BCUT2D eigenvalue weighted by molar-refractivity contribution is 5.83. The van der Waals surface area contributed by atoms with Crippen LogP contribution in [0.3, 0.4) is 0 Å². The van der Waals surface area contributed by atoms with Crippen LogP contribution >= 0.6 is 0 Å². The van der Waals surface area contributed by atoms with Crippen LogP contribution in [0.15, 0.2) is 18.2 Å². The number of aryl methyl sites for hydroxylation is 1. The van der Waals surface area contributed by atoms with E-state index in [0.29, 0.717) is 24.0 Å². The Morgan fingerprint density at radius 2 is 1.95 bits per heavy atom. The molecule has 1 aliphatic rings. The number of carboxylic acid groups (broad SMARTS) is 1. The Hall–Kier alpha value is -1.65. The molecule has 0 heterocycles. The van der Waals surface area contributed by atoms with Crippen LogP contribution in [-0.4, -0.2) is 17.7 Å². The van der Waals surface area contributed by atoms with Crippen LogP contribution in [0, 0.1) is 6.92 Å². The molecule has 3 nitrogen and oxygen atoms in total. The second-order valence-electron chi connectivity index (χ2n) is 5.28. The van der Waals surface area contributed by atoms with E-state index in [4.69, 9.17) is 0 Å². The van der Waals surface area contributed by atoms with Gasteiger partial charge in [0.25, 0.3) is 0 Å². The summed E-state index contributed by atoms with van der Waals surface area (Å²) in [4.78, 5) is 11.8. The van der Waals surface area contributed by atoms with Crippen LogP contribution in [0.4, 0.5) is 8.78 Å². The molecule has 1 fully saturated rings. The molecule has 0 bridgehead atoms. The van der Waals surface area contributed by atoms with Gasteiger partial charge in [-0.1, -0.05) is 37.5 Å². The lowest BCUT2D eigenvalue weighted by Gasteiger charge is -2.35. The number of rotatable bonds is 4. The first-order valence-electron chi connectivity index (χ1n) is 6.76. The van der Waals surface area contributed by atoms with Gasteiger partial charge < -0.3 is 9.84 Å². The Morgan fingerprint density at radius 3 is 2.50 bits per heavy atom. The first-order chi connectivity index (χ1) is 9.47. The van der Waals surface area contributed by atoms with E-state index < -0.39 is 18.0 Å². The zero-order valence-corrected chi connectivity index (χ0v) is 11.4. The number of carboxylic acids is 1. The minimum absolute atomic E-state index is 0.0202. The lowest BCUT2D eigenvalue weighted by Crippen LogP contribution is -2.38. The lowest BCUT2D eigenvalue weighted by molar-refractivity contribution is -0.145. The monoisotopic (exact) mass is 284 g/mol. The van der Waals surface area contributed by atoms with Crippen LogP contribution in [0.5, 0.6) is 5.75 Å². The molecule has 0 aromatic heterocycles. The first kappa shape index (κ1) is 14.8. The summed E-state index contributed by atoms with van der Waals surface area (Å²) in [6.45, 7) is -1.30. The SMILES string of the molecule is Cc1cccc(C2(C(=O)O)CCCCC2)c1OC(F)F. The highest BCUT2D eigenvalue weighted by atomic mass is 19.3. The van der Waals surface area contributed by atoms with Crippen molar-refractivity contribution in [3.05, 3.63) is 29.3 Å². The number of aliphatic carboxylic acids is 1. The van der Waals surface area contributed by atoms with E-state index in [9.17, 15) is 18.7 Å². The molecule has 1 aromatic carbocycles. The molecule has 0 aliphatic heterocycles. The third kappa shape index (κ3) is 2.62. The second-order valence-corrected chi connectivity index (χ2v) is 5.28. The minimum Gasteiger partial charge on any atom is -0.481 e. The van der Waals surface area contributed by atoms with Crippen molar-refractivity contribution in [2.75, 3.05) is 0 Å². The average molecular weight is 284 g/mol. The van der Waals surface area contributed by atoms with E-state index in [1.54, 1.807) is 25.1 Å². The van der Waals surface area contributed by atoms with Crippen molar-refractivity contribution < 1.29 is 23.4 Å². The van der Waals surface area contributed by atoms with Crippen molar-refractivity contribution in [3.8, 4) is 5.75 Å². The summed E-state index contributed by atoms with van der Waals surface area (Å²) in [5.74, 6) is -0.936. The predicted octanol–water partition coefficient (Wildman–Crippen LogP) is 3.88. The molecule has 0 unspecified atom stereocenters. The van der Waals surface area contributed by atoms with Crippen molar-refractivity contribution in [1.29, 1.82) is 0 Å². The van der Waals surface area contributed by atoms with Crippen LogP contribution in [0.2, 0.25) is 0 Å². The molecule has 2 rings (SSSR count). The molecule has 5 heteroatoms. The lowest BCUT2D eigenvalue weighted by atomic mass is 9.69. The van der Waals surface area contributed by atoms with Crippen LogP contribution < -0.4 is 4.74 Å². The maximum absolute atomic E-state index is 12.6. The normalized spacial score (nSPS) is 18.0. The van der Waals surface area contributed by atoms with Gasteiger partial charge in [-0.05, 0) is 25.3 Å². The van der Waals surface area contributed by atoms with E-state index in [2.05, 4.69) is 4.74 Å². The van der Waals surface area contributed by atoms with Gasteiger partial charge in [-0.25, -0.2) is 0 Å². The maximum atomic E-state index is 12.6. The van der Waals surface area contributed by atoms with Gasteiger partial charge in [-0.2, -0.15) is 8.78 Å². The number of carbonyl (C=O) groups is 1. The number of ether oxygens (including phenoxy) is 1. The van der Waals surface area contributed by atoms with Crippen molar-refractivity contribution in [2.24, 2.45) is 0 Å². The number of halogens is 2. The predicted molar refractivity (Wildman–Crippen MR) is 70.2 cm³/mol. The van der Waals surface area contributed by atoms with Crippen molar-refractivity contribution >= 4 is 5.97 Å². The van der Waals surface area contributed by atoms with Gasteiger partial charge in [0.15, 0.2) is 0 Å². The van der Waals surface area contributed by atoms with E-state index in [0.717, 1.165) is 19.3 Å². The fraction of sp³-hybridized carbons (Fsp3) is 0.533. The fourth-order valence-electron chi connectivity index (χ4n) is 3.03. The molecule has 1 saturated carbocycles. The smallest absolute Gasteiger partial charge is 0.387 e. The fourth-order valence-corrected chi connectivity index (χ4v) is 3.03. The summed E-state index contributed by atoms with van der Waals surface area (Å²) < 4.78 is 29.8. The van der Waals surface area contributed by atoms with E-state index >= 15 is 0 Å². The van der Waals surface area contributed by atoms with Crippen LogP contribution in [-0.2, 0) is 10.2 Å². The molecule has 0 radical (unpaired) electrons. The Morgan fingerprint density at radius 1 is 1.30 bits per heavy atom. The number of hydrogen-bond donors (Lipinski definition) is 1. The van der Waals surface area contributed by atoms with Gasteiger partial charge in [0.05, 0.1) is 5.41 Å². The van der Waals surface area contributed by atoms with Gasteiger partial charge >= 0.3 is 12.6 Å². The number of hydrogen-bond acceptors (Lipinski definition) is 2. The first-order valence-corrected chi connectivity index (χ1v) is 6.76. The molecule has 0 atom stereocenters. The molecule has 20 heavy (non-hydrogen) atoms. The van der Waals surface area contributed by atoms with Crippen LogP contribution in [0.25, 0.3) is 0 Å². The van der Waals surface area contributed by atoms with Crippen LogP contribution in [0.1, 0.15) is 43.2 Å². The minimum atomic E-state index is -2.95. The number of para-hydroxylation sites is 1. The topological polar surface area (TPSA) is 46.5 Å². The zero-order valence-electron chi connectivity index (χ0n) is 11.4. The zero-order chi connectivity index (χ0) is 14.8. The molecular weight excluding hydrogens is 266 g/mol. The third-order valence-electron chi connectivity index (χ3n) is 4.05. The molecule has 1 aromatic rings. The van der Waals surface area contributed by atoms with Crippen molar-refractivity contribution in [3.63, 3.8) is 0 Å². The van der Waals surface area contributed by atoms with Gasteiger partial charge in [0.1, 0.15) is 5.75 Å². The number of alkyl halides is 2. The van der Waals surface area contributed by atoms with Crippen molar-refractivity contribution in [1.82, 2.24) is 0 Å².